The summed E-state index contributed by atoms with van der Waals surface area (Å²) in [5.74, 6) is 0.747. The molecular weight excluding hydrogens is 328 g/mol. The van der Waals surface area contributed by atoms with Crippen LogP contribution in [0, 0.1) is 5.41 Å². The highest BCUT2D eigenvalue weighted by Gasteiger charge is 2.49. The number of hydrogen-bond donors (Lipinski definition) is 0. The fraction of sp³-hybridized carbons (Fsp3) is 0.333. The smallest absolute Gasteiger partial charge is 0.254 e. The lowest BCUT2D eigenvalue weighted by atomic mass is 9.71. The Kier molecular flexibility index (Phi) is 3.94. The van der Waals surface area contributed by atoms with E-state index in [1.807, 2.05) is 46.2 Å². The van der Waals surface area contributed by atoms with Crippen molar-refractivity contribution in [2.75, 3.05) is 31.6 Å². The summed E-state index contributed by atoms with van der Waals surface area (Å²) in [6, 6.07) is 15.3. The number of rotatable bonds is 2. The molecular formula is C21H22N2O3. The van der Waals surface area contributed by atoms with Gasteiger partial charge in [-0.2, -0.15) is 0 Å². The summed E-state index contributed by atoms with van der Waals surface area (Å²) in [5, 5.41) is 0. The lowest BCUT2D eigenvalue weighted by molar-refractivity contribution is -0.117. The standard InChI is InChI=1S/C21H22N2O3/c1-15(24)23-14-21(11-17-6-3-4-9-19(17)23)12-22(13-21)20(25)16-7-5-8-18(10-16)26-2/h3-10H,11-14H2,1-2H3. The van der Waals surface area contributed by atoms with Gasteiger partial charge in [0, 0.05) is 43.2 Å². The minimum atomic E-state index is -0.0471. The summed E-state index contributed by atoms with van der Waals surface area (Å²) in [7, 11) is 1.60. The van der Waals surface area contributed by atoms with Crippen LogP contribution >= 0.6 is 0 Å². The largest absolute Gasteiger partial charge is 0.497 e. The second kappa shape index (κ2) is 6.16. The van der Waals surface area contributed by atoms with Gasteiger partial charge in [0.15, 0.2) is 0 Å². The Morgan fingerprint density at radius 3 is 2.54 bits per heavy atom. The zero-order chi connectivity index (χ0) is 18.3. The van der Waals surface area contributed by atoms with Crippen LogP contribution in [0.15, 0.2) is 48.5 Å². The average molecular weight is 350 g/mol. The van der Waals surface area contributed by atoms with E-state index in [1.165, 1.54) is 5.56 Å². The van der Waals surface area contributed by atoms with Crippen molar-refractivity contribution in [3.05, 3.63) is 59.7 Å². The van der Waals surface area contributed by atoms with Gasteiger partial charge in [-0.1, -0.05) is 24.3 Å². The molecule has 0 atom stereocenters. The van der Waals surface area contributed by atoms with Gasteiger partial charge in [-0.25, -0.2) is 0 Å². The molecule has 0 radical (unpaired) electrons. The Labute approximate surface area is 153 Å². The summed E-state index contributed by atoms with van der Waals surface area (Å²) < 4.78 is 5.21. The number of carbonyl (C=O) groups excluding carboxylic acids is 2. The number of amides is 2. The summed E-state index contributed by atoms with van der Waals surface area (Å²) in [6.45, 7) is 3.61. The van der Waals surface area contributed by atoms with Gasteiger partial charge >= 0.3 is 0 Å². The number of ether oxygens (including phenoxy) is 1. The maximum atomic E-state index is 12.8. The maximum absolute atomic E-state index is 12.8. The number of anilines is 1. The van der Waals surface area contributed by atoms with Crippen LogP contribution in [-0.4, -0.2) is 43.5 Å². The van der Waals surface area contributed by atoms with Crippen LogP contribution in [0.1, 0.15) is 22.8 Å². The molecule has 2 aliphatic heterocycles. The molecule has 4 rings (SSSR count). The number of nitrogens with zero attached hydrogens (tertiary/aromatic N) is 2. The molecule has 1 fully saturated rings. The summed E-state index contributed by atoms with van der Waals surface area (Å²) in [5.41, 5.74) is 2.78. The number of para-hydroxylation sites is 1. The van der Waals surface area contributed by atoms with E-state index in [4.69, 9.17) is 4.74 Å². The van der Waals surface area contributed by atoms with E-state index in [9.17, 15) is 9.59 Å². The van der Waals surface area contributed by atoms with E-state index < -0.39 is 0 Å². The fourth-order valence-electron chi connectivity index (χ4n) is 4.14. The monoisotopic (exact) mass is 350 g/mol. The first-order valence-electron chi connectivity index (χ1n) is 8.81. The zero-order valence-electron chi connectivity index (χ0n) is 15.1. The Morgan fingerprint density at radius 1 is 1.04 bits per heavy atom. The second-order valence-electron chi connectivity index (χ2n) is 7.30. The van der Waals surface area contributed by atoms with Crippen molar-refractivity contribution in [2.24, 2.45) is 5.41 Å². The molecule has 0 N–H and O–H groups in total. The highest BCUT2D eigenvalue weighted by Crippen LogP contribution is 2.43. The number of likely N-dealkylation sites (tertiary alicyclic amines) is 1. The quantitative estimate of drug-likeness (QED) is 0.837. The first-order chi connectivity index (χ1) is 12.5. The molecule has 0 bridgehead atoms. The summed E-state index contributed by atoms with van der Waals surface area (Å²) in [4.78, 5) is 28.6. The predicted molar refractivity (Wildman–Crippen MR) is 99.5 cm³/mol. The SMILES string of the molecule is COc1cccc(C(=O)N2CC3(Cc4ccccc4N(C(C)=O)C3)C2)c1. The van der Waals surface area contributed by atoms with Crippen molar-refractivity contribution in [3.8, 4) is 5.75 Å². The Hall–Kier alpha value is -2.82. The number of hydrogen-bond acceptors (Lipinski definition) is 3. The van der Waals surface area contributed by atoms with Crippen LogP contribution in [0.5, 0.6) is 5.75 Å². The molecule has 26 heavy (non-hydrogen) atoms. The first kappa shape index (κ1) is 16.6. The van der Waals surface area contributed by atoms with E-state index in [-0.39, 0.29) is 17.2 Å². The Morgan fingerprint density at radius 2 is 1.81 bits per heavy atom. The highest BCUT2D eigenvalue weighted by molar-refractivity contribution is 5.96. The van der Waals surface area contributed by atoms with Gasteiger partial charge in [0.2, 0.25) is 5.91 Å². The van der Waals surface area contributed by atoms with Crippen molar-refractivity contribution < 1.29 is 14.3 Å². The number of carbonyl (C=O) groups is 2. The first-order valence-corrected chi connectivity index (χ1v) is 8.81. The van der Waals surface area contributed by atoms with Crippen molar-refractivity contribution in [3.63, 3.8) is 0 Å². The second-order valence-corrected chi connectivity index (χ2v) is 7.30. The summed E-state index contributed by atoms with van der Waals surface area (Å²) >= 11 is 0. The fourth-order valence-corrected chi connectivity index (χ4v) is 4.14. The molecule has 134 valence electrons. The molecule has 5 heteroatoms. The third-order valence-corrected chi connectivity index (χ3v) is 5.38. The molecule has 2 aromatic carbocycles. The molecule has 1 spiro atoms. The number of benzene rings is 2. The van der Waals surface area contributed by atoms with Crippen molar-refractivity contribution in [2.45, 2.75) is 13.3 Å². The van der Waals surface area contributed by atoms with Gasteiger partial charge in [-0.3, -0.25) is 9.59 Å². The van der Waals surface area contributed by atoms with E-state index >= 15 is 0 Å². The van der Waals surface area contributed by atoms with E-state index in [0.29, 0.717) is 30.9 Å². The van der Waals surface area contributed by atoms with Crippen molar-refractivity contribution in [1.29, 1.82) is 0 Å². The zero-order valence-corrected chi connectivity index (χ0v) is 15.1. The summed E-state index contributed by atoms with van der Waals surface area (Å²) in [6.07, 6.45) is 0.898. The lowest BCUT2D eigenvalue weighted by Crippen LogP contribution is -2.65. The Bertz CT molecular complexity index is 871. The van der Waals surface area contributed by atoms with Gasteiger partial charge < -0.3 is 14.5 Å². The minimum absolute atomic E-state index is 0.0164. The van der Waals surface area contributed by atoms with Crippen LogP contribution in [0.2, 0.25) is 0 Å². The normalized spacial score (nSPS) is 17.5. The van der Waals surface area contributed by atoms with E-state index in [0.717, 1.165) is 12.1 Å². The van der Waals surface area contributed by atoms with Crippen molar-refractivity contribution in [1.82, 2.24) is 4.90 Å². The molecule has 5 nitrogen and oxygen atoms in total. The molecule has 2 aromatic rings. The van der Waals surface area contributed by atoms with E-state index in [2.05, 4.69) is 6.07 Å². The highest BCUT2D eigenvalue weighted by atomic mass is 16.5. The third-order valence-electron chi connectivity index (χ3n) is 5.38. The topological polar surface area (TPSA) is 49.9 Å². The molecule has 0 aliphatic carbocycles. The molecule has 2 aliphatic rings. The minimum Gasteiger partial charge on any atom is -0.497 e. The van der Waals surface area contributed by atoms with Crippen LogP contribution in [0.3, 0.4) is 0 Å². The van der Waals surface area contributed by atoms with Crippen molar-refractivity contribution >= 4 is 17.5 Å². The third kappa shape index (κ3) is 2.73. The molecule has 0 saturated carbocycles. The maximum Gasteiger partial charge on any atom is 0.254 e. The molecule has 0 aromatic heterocycles. The van der Waals surface area contributed by atoms with Gasteiger partial charge in [0.25, 0.3) is 5.91 Å². The van der Waals surface area contributed by atoms with Gasteiger partial charge in [-0.15, -0.1) is 0 Å². The van der Waals surface area contributed by atoms with E-state index in [1.54, 1.807) is 20.1 Å². The Balaban J connectivity index is 1.53. The average Bonchev–Trinajstić information content (AvgIpc) is 2.64. The number of methoxy groups -OCH3 is 1. The van der Waals surface area contributed by atoms with Crippen LogP contribution in [0.4, 0.5) is 5.69 Å². The van der Waals surface area contributed by atoms with Crippen LogP contribution in [0.25, 0.3) is 0 Å². The molecule has 2 heterocycles. The molecule has 1 saturated heterocycles. The van der Waals surface area contributed by atoms with Gasteiger partial charge in [0.05, 0.1) is 7.11 Å². The predicted octanol–water partition coefficient (Wildman–Crippen LogP) is 2.75. The van der Waals surface area contributed by atoms with Gasteiger partial charge in [0.1, 0.15) is 5.75 Å². The lowest BCUT2D eigenvalue weighted by Gasteiger charge is -2.54. The van der Waals surface area contributed by atoms with Gasteiger partial charge in [-0.05, 0) is 36.2 Å². The number of fused-ring (bicyclic) bond motifs is 1. The van der Waals surface area contributed by atoms with Crippen LogP contribution < -0.4 is 9.64 Å². The molecule has 0 unspecified atom stereocenters. The van der Waals surface area contributed by atoms with Crippen LogP contribution in [-0.2, 0) is 11.2 Å². The molecule has 2 amide bonds.